The summed E-state index contributed by atoms with van der Waals surface area (Å²) in [6.45, 7) is 3.89. The summed E-state index contributed by atoms with van der Waals surface area (Å²) in [5.74, 6) is -0.757. The fourth-order valence-corrected chi connectivity index (χ4v) is 7.78. The summed E-state index contributed by atoms with van der Waals surface area (Å²) < 4.78 is 55.9. The molecule has 6 rings (SSSR count). The van der Waals surface area contributed by atoms with E-state index < -0.39 is 27.4 Å². The fourth-order valence-electron chi connectivity index (χ4n) is 6.58. The van der Waals surface area contributed by atoms with E-state index in [1.807, 2.05) is 13.8 Å². The number of amides is 2. The Morgan fingerprint density at radius 2 is 1.77 bits per heavy atom. The zero-order chi connectivity index (χ0) is 31.4. The lowest BCUT2D eigenvalue weighted by Crippen LogP contribution is -2.58. The van der Waals surface area contributed by atoms with Crippen molar-refractivity contribution in [3.8, 4) is 0 Å². The summed E-state index contributed by atoms with van der Waals surface area (Å²) in [5, 5.41) is 3.45. The molecule has 2 aromatic carbocycles. The minimum absolute atomic E-state index is 0.130. The van der Waals surface area contributed by atoms with Crippen molar-refractivity contribution in [2.75, 3.05) is 33.9 Å². The summed E-state index contributed by atoms with van der Waals surface area (Å²) in [6.07, 6.45) is 6.31. The van der Waals surface area contributed by atoms with Crippen LogP contribution in [0.25, 0.3) is 0 Å². The highest BCUT2D eigenvalue weighted by atomic mass is 32.2. The van der Waals surface area contributed by atoms with Crippen LogP contribution in [-0.4, -0.2) is 61.5 Å². The second-order valence-electron chi connectivity index (χ2n) is 12.8. The first-order valence-electron chi connectivity index (χ1n) is 14.8. The Labute approximate surface area is 256 Å². The molecule has 2 heterocycles. The zero-order valence-electron chi connectivity index (χ0n) is 25.2. The third-order valence-electron chi connectivity index (χ3n) is 8.91. The number of aromatic nitrogens is 2. The largest absolute Gasteiger partial charge is 0.351 e. The van der Waals surface area contributed by atoms with Gasteiger partial charge in [-0.05, 0) is 94.9 Å². The van der Waals surface area contributed by atoms with Gasteiger partial charge in [-0.25, -0.2) is 27.0 Å². The summed E-state index contributed by atoms with van der Waals surface area (Å²) in [6, 6.07) is 9.29. The lowest BCUT2D eigenvalue weighted by Gasteiger charge is -2.59. The Hall–Kier alpha value is -3.84. The summed E-state index contributed by atoms with van der Waals surface area (Å²) in [4.78, 5) is 28.3. The molecule has 0 atom stereocenters. The molecule has 234 valence electrons. The maximum atomic E-state index is 15.2. The molecule has 2 amide bonds. The first-order valence-corrected chi connectivity index (χ1v) is 16.4. The van der Waals surface area contributed by atoms with Gasteiger partial charge in [0.25, 0.3) is 0 Å². The minimum atomic E-state index is -3.98. The van der Waals surface area contributed by atoms with E-state index in [0.717, 1.165) is 31.0 Å². The molecule has 1 spiro atoms. The fraction of sp³-hybridized carbons (Fsp3) is 0.452. The molecule has 13 heteroatoms. The second-order valence-corrected chi connectivity index (χ2v) is 14.5. The van der Waals surface area contributed by atoms with Gasteiger partial charge in [0.05, 0.1) is 18.0 Å². The van der Waals surface area contributed by atoms with Crippen LogP contribution >= 0.6 is 0 Å². The number of hydrogen-bond acceptors (Lipinski definition) is 7. The molecule has 0 bridgehead atoms. The molecular formula is C31H37F2N7O3S. The van der Waals surface area contributed by atoms with Crippen molar-refractivity contribution in [2.24, 2.45) is 5.41 Å². The zero-order valence-corrected chi connectivity index (χ0v) is 26.0. The lowest BCUT2D eigenvalue weighted by molar-refractivity contribution is -0.0468. The number of benzene rings is 2. The van der Waals surface area contributed by atoms with E-state index in [1.165, 1.54) is 42.0 Å². The number of fused-ring (bicyclic) bond motifs is 1. The van der Waals surface area contributed by atoms with Crippen molar-refractivity contribution in [2.45, 2.75) is 70.0 Å². The van der Waals surface area contributed by atoms with Crippen LogP contribution in [-0.2, 0) is 22.3 Å². The van der Waals surface area contributed by atoms with Crippen LogP contribution < -0.4 is 19.8 Å². The van der Waals surface area contributed by atoms with Crippen molar-refractivity contribution in [1.82, 2.24) is 14.9 Å². The van der Waals surface area contributed by atoms with Gasteiger partial charge in [0.1, 0.15) is 17.5 Å². The van der Waals surface area contributed by atoms with Gasteiger partial charge in [-0.15, -0.1) is 0 Å². The molecule has 44 heavy (non-hydrogen) atoms. The maximum Gasteiger partial charge on any atom is 0.330 e. The van der Waals surface area contributed by atoms with E-state index in [9.17, 15) is 17.6 Å². The summed E-state index contributed by atoms with van der Waals surface area (Å²) >= 11 is 0. The Morgan fingerprint density at radius 1 is 1.07 bits per heavy atom. The average Bonchev–Trinajstić information content (AvgIpc) is 2.90. The van der Waals surface area contributed by atoms with Gasteiger partial charge in [0, 0.05) is 35.6 Å². The quantitative estimate of drug-likeness (QED) is 0.331. The van der Waals surface area contributed by atoms with E-state index in [-0.39, 0.29) is 30.0 Å². The van der Waals surface area contributed by atoms with E-state index in [1.54, 1.807) is 11.1 Å². The smallest absolute Gasteiger partial charge is 0.330 e. The molecule has 0 radical (unpaired) electrons. The van der Waals surface area contributed by atoms with Gasteiger partial charge in [-0.3, -0.25) is 14.5 Å². The number of urea groups is 1. The molecule has 1 aliphatic heterocycles. The Balaban J connectivity index is 1.15. The molecule has 3 aliphatic rings. The van der Waals surface area contributed by atoms with Crippen molar-refractivity contribution in [3.63, 3.8) is 0 Å². The number of carbonyl (C=O) groups excluding carboxylic acids is 1. The third kappa shape index (κ3) is 5.94. The highest BCUT2D eigenvalue weighted by Gasteiger charge is 2.53. The number of rotatable bonds is 9. The van der Waals surface area contributed by atoms with Gasteiger partial charge < -0.3 is 10.2 Å². The van der Waals surface area contributed by atoms with Crippen molar-refractivity contribution >= 4 is 39.2 Å². The number of anilines is 4. The van der Waals surface area contributed by atoms with E-state index in [0.29, 0.717) is 40.4 Å². The third-order valence-corrected chi connectivity index (χ3v) is 10.2. The average molecular weight is 626 g/mol. The first kappa shape index (κ1) is 30.2. The van der Waals surface area contributed by atoms with E-state index >= 15 is 4.39 Å². The Kier molecular flexibility index (Phi) is 7.73. The number of hydrogen-bond donors (Lipinski definition) is 2. The van der Waals surface area contributed by atoms with Crippen LogP contribution in [0.5, 0.6) is 0 Å². The van der Waals surface area contributed by atoms with Gasteiger partial charge in [-0.1, -0.05) is 12.1 Å². The van der Waals surface area contributed by atoms with Crippen LogP contribution in [0.1, 0.15) is 50.7 Å². The predicted molar refractivity (Wildman–Crippen MR) is 166 cm³/mol. The number of sulfonamides is 1. The first-order chi connectivity index (χ1) is 20.8. The number of nitrogens with zero attached hydrogens (tertiary/aromatic N) is 5. The van der Waals surface area contributed by atoms with Crippen LogP contribution in [0.4, 0.5) is 36.7 Å². The molecule has 3 aromatic rings. The monoisotopic (exact) mass is 625 g/mol. The van der Waals surface area contributed by atoms with Gasteiger partial charge >= 0.3 is 6.03 Å². The van der Waals surface area contributed by atoms with Crippen molar-refractivity contribution in [1.29, 1.82) is 0 Å². The van der Waals surface area contributed by atoms with Crippen molar-refractivity contribution < 1.29 is 22.0 Å². The van der Waals surface area contributed by atoms with Crippen LogP contribution in [0.3, 0.4) is 0 Å². The molecule has 10 nitrogen and oxygen atoms in total. The minimum Gasteiger partial charge on any atom is -0.351 e. The second kappa shape index (κ2) is 11.3. The molecule has 0 saturated heterocycles. The number of halogens is 2. The lowest BCUT2D eigenvalue weighted by atomic mass is 9.52. The van der Waals surface area contributed by atoms with Crippen molar-refractivity contribution in [3.05, 3.63) is 71.4 Å². The summed E-state index contributed by atoms with van der Waals surface area (Å²) in [5.41, 5.74) is 1.51. The maximum absolute atomic E-state index is 15.2. The summed E-state index contributed by atoms with van der Waals surface area (Å²) in [7, 11) is 0.281. The number of carbonyl (C=O) groups is 1. The topological polar surface area (TPSA) is 111 Å². The standard InChI is InChI=1S/C31H37F2N7O3S/c1-19(2)40-28-21(16-34-29(36-28)35-23-12-31(13-23)14-25(15-31)38(3)4)17-39(30(40)41)24-9-10-27(26(33)11-24)37-44(42,43)18-20-5-7-22(32)8-6-20/h5-11,16,19,23,25,37H,12-15,17-18H2,1-4H3,(H,34,35,36). The Bertz CT molecular complexity index is 1670. The van der Waals surface area contributed by atoms with Crippen LogP contribution in [0, 0.1) is 17.0 Å². The van der Waals surface area contributed by atoms with Gasteiger partial charge in [-0.2, -0.15) is 4.98 Å². The van der Waals surface area contributed by atoms with E-state index in [4.69, 9.17) is 4.98 Å². The molecule has 2 N–H and O–H groups in total. The van der Waals surface area contributed by atoms with Crippen LogP contribution in [0.2, 0.25) is 0 Å². The molecule has 0 unspecified atom stereocenters. The van der Waals surface area contributed by atoms with E-state index in [2.05, 4.69) is 34.0 Å². The SMILES string of the molecule is CC(C)N1C(=O)N(c2ccc(NS(=O)(=O)Cc3ccc(F)cc3)c(F)c2)Cc2cnc(NC3CC4(C3)CC(N(C)C)C4)nc21. The molecular weight excluding hydrogens is 588 g/mol. The highest BCUT2D eigenvalue weighted by Crippen LogP contribution is 2.57. The van der Waals surface area contributed by atoms with Gasteiger partial charge in [0.2, 0.25) is 16.0 Å². The normalized spacial score (nSPS) is 23.0. The molecule has 2 fully saturated rings. The van der Waals surface area contributed by atoms with Crippen LogP contribution in [0.15, 0.2) is 48.7 Å². The van der Waals surface area contributed by atoms with Gasteiger partial charge in [0.15, 0.2) is 0 Å². The molecule has 2 saturated carbocycles. The molecule has 1 aromatic heterocycles. The molecule has 2 aliphatic carbocycles. The number of nitrogens with one attached hydrogen (secondary N) is 2. The highest BCUT2D eigenvalue weighted by molar-refractivity contribution is 7.91. The predicted octanol–water partition coefficient (Wildman–Crippen LogP) is 5.34. The Morgan fingerprint density at radius 3 is 2.41 bits per heavy atom.